The summed E-state index contributed by atoms with van der Waals surface area (Å²) >= 11 is 0. The number of fused-ring (bicyclic) bond motifs is 1. The van der Waals surface area contributed by atoms with E-state index in [9.17, 15) is 4.79 Å². The topological polar surface area (TPSA) is 50.8 Å². The molecule has 34 heavy (non-hydrogen) atoms. The molecule has 0 radical (unpaired) electrons. The number of hydrogen-bond acceptors (Lipinski definition) is 4. The van der Waals surface area contributed by atoms with Crippen LogP contribution < -0.4 is 14.8 Å². The summed E-state index contributed by atoms with van der Waals surface area (Å²) in [6, 6.07) is 24.6. The average Bonchev–Trinajstić information content (AvgIpc) is 2.87. The van der Waals surface area contributed by atoms with Gasteiger partial charge in [0.1, 0.15) is 0 Å². The molecule has 3 aromatic rings. The van der Waals surface area contributed by atoms with Crippen LogP contribution in [0.4, 0.5) is 0 Å². The number of benzene rings is 3. The van der Waals surface area contributed by atoms with Crippen LogP contribution in [0.25, 0.3) is 0 Å². The van der Waals surface area contributed by atoms with E-state index in [2.05, 4.69) is 53.5 Å². The minimum atomic E-state index is -0.0305. The van der Waals surface area contributed by atoms with Crippen LogP contribution >= 0.6 is 0 Å². The molecule has 0 saturated heterocycles. The second kappa shape index (κ2) is 11.2. The average molecular weight is 459 g/mol. The Kier molecular flexibility index (Phi) is 7.86. The van der Waals surface area contributed by atoms with E-state index < -0.39 is 0 Å². The number of nitrogens with zero attached hydrogens (tertiary/aromatic N) is 1. The molecule has 1 aliphatic heterocycles. The largest absolute Gasteiger partial charge is 0.493 e. The lowest BCUT2D eigenvalue weighted by Crippen LogP contribution is -2.48. The molecule has 1 heterocycles. The van der Waals surface area contributed by atoms with E-state index in [4.69, 9.17) is 9.47 Å². The van der Waals surface area contributed by atoms with Crippen LogP contribution in [-0.2, 0) is 24.2 Å². The number of methoxy groups -OCH3 is 2. The summed E-state index contributed by atoms with van der Waals surface area (Å²) in [6.07, 6.45) is 2.12. The molecule has 0 spiro atoms. The van der Waals surface area contributed by atoms with Crippen LogP contribution in [0.2, 0.25) is 0 Å². The SMILES string of the molecule is CC[C@H](NC(=O)Cc1ccccc1)[C@H]1c2cc(OC)c(OC)cc2CCN1Cc1ccccc1. The third kappa shape index (κ3) is 5.42. The van der Waals surface area contributed by atoms with Gasteiger partial charge < -0.3 is 14.8 Å². The van der Waals surface area contributed by atoms with E-state index in [1.165, 1.54) is 16.7 Å². The smallest absolute Gasteiger partial charge is 0.224 e. The van der Waals surface area contributed by atoms with E-state index in [1.54, 1.807) is 14.2 Å². The van der Waals surface area contributed by atoms with E-state index in [1.807, 2.05) is 36.4 Å². The lowest BCUT2D eigenvalue weighted by atomic mass is 9.86. The Hall–Kier alpha value is -3.31. The molecule has 0 aromatic heterocycles. The Labute approximate surface area is 202 Å². The maximum atomic E-state index is 13.1. The molecule has 0 fully saturated rings. The van der Waals surface area contributed by atoms with Gasteiger partial charge in [0, 0.05) is 19.1 Å². The second-order valence-electron chi connectivity index (χ2n) is 8.80. The van der Waals surface area contributed by atoms with Gasteiger partial charge in [0.2, 0.25) is 5.91 Å². The van der Waals surface area contributed by atoms with Crippen LogP contribution in [0.1, 0.15) is 41.6 Å². The Morgan fingerprint density at radius 3 is 2.21 bits per heavy atom. The van der Waals surface area contributed by atoms with Gasteiger partial charge in [-0.05, 0) is 47.2 Å². The van der Waals surface area contributed by atoms with Gasteiger partial charge in [-0.3, -0.25) is 9.69 Å². The van der Waals surface area contributed by atoms with E-state index in [0.717, 1.165) is 43.0 Å². The van der Waals surface area contributed by atoms with Crippen LogP contribution in [0.3, 0.4) is 0 Å². The zero-order valence-corrected chi connectivity index (χ0v) is 20.3. The molecular formula is C29H34N2O3. The van der Waals surface area contributed by atoms with Crippen molar-refractivity contribution in [2.45, 2.75) is 44.8 Å². The molecule has 0 aliphatic carbocycles. The number of rotatable bonds is 9. The number of carbonyl (C=O) groups excluding carboxylic acids is 1. The van der Waals surface area contributed by atoms with Crippen molar-refractivity contribution in [2.75, 3.05) is 20.8 Å². The van der Waals surface area contributed by atoms with Crippen molar-refractivity contribution in [2.24, 2.45) is 0 Å². The fourth-order valence-electron chi connectivity index (χ4n) is 4.94. The zero-order chi connectivity index (χ0) is 23.9. The summed E-state index contributed by atoms with van der Waals surface area (Å²) in [7, 11) is 3.34. The van der Waals surface area contributed by atoms with Gasteiger partial charge in [-0.25, -0.2) is 0 Å². The molecule has 2 atom stereocenters. The van der Waals surface area contributed by atoms with Crippen LogP contribution in [0, 0.1) is 0 Å². The van der Waals surface area contributed by atoms with E-state index >= 15 is 0 Å². The van der Waals surface area contributed by atoms with Gasteiger partial charge in [-0.2, -0.15) is 0 Å². The molecule has 0 bridgehead atoms. The number of amides is 1. The number of carbonyl (C=O) groups is 1. The molecule has 3 aromatic carbocycles. The lowest BCUT2D eigenvalue weighted by molar-refractivity contribution is -0.121. The number of nitrogens with one attached hydrogen (secondary N) is 1. The molecule has 1 amide bonds. The Morgan fingerprint density at radius 2 is 1.59 bits per heavy atom. The van der Waals surface area contributed by atoms with Gasteiger partial charge >= 0.3 is 0 Å². The first-order chi connectivity index (χ1) is 16.6. The predicted molar refractivity (Wildman–Crippen MR) is 135 cm³/mol. The fourth-order valence-corrected chi connectivity index (χ4v) is 4.94. The minimum Gasteiger partial charge on any atom is -0.493 e. The fraction of sp³-hybridized carbons (Fsp3) is 0.345. The highest BCUT2D eigenvalue weighted by atomic mass is 16.5. The van der Waals surface area contributed by atoms with Gasteiger partial charge in [0.15, 0.2) is 11.5 Å². The Morgan fingerprint density at radius 1 is 0.971 bits per heavy atom. The van der Waals surface area contributed by atoms with Crippen molar-refractivity contribution in [3.63, 3.8) is 0 Å². The summed E-state index contributed by atoms with van der Waals surface area (Å²) in [5, 5.41) is 3.35. The van der Waals surface area contributed by atoms with Crippen molar-refractivity contribution in [3.8, 4) is 11.5 Å². The Bertz CT molecular complexity index is 1090. The lowest BCUT2D eigenvalue weighted by Gasteiger charge is -2.42. The first-order valence-electron chi connectivity index (χ1n) is 12.0. The van der Waals surface area contributed by atoms with Gasteiger partial charge in [-0.1, -0.05) is 67.6 Å². The summed E-state index contributed by atoms with van der Waals surface area (Å²) in [4.78, 5) is 15.5. The van der Waals surface area contributed by atoms with Crippen molar-refractivity contribution in [1.82, 2.24) is 10.2 Å². The highest BCUT2D eigenvalue weighted by Crippen LogP contribution is 2.40. The van der Waals surface area contributed by atoms with Crippen LogP contribution in [0.5, 0.6) is 11.5 Å². The Balaban J connectivity index is 1.66. The summed E-state index contributed by atoms with van der Waals surface area (Å²) in [5.41, 5.74) is 4.74. The number of hydrogen-bond donors (Lipinski definition) is 1. The summed E-state index contributed by atoms with van der Waals surface area (Å²) < 4.78 is 11.2. The monoisotopic (exact) mass is 458 g/mol. The summed E-state index contributed by atoms with van der Waals surface area (Å²) in [5.74, 6) is 1.52. The van der Waals surface area contributed by atoms with Crippen molar-refractivity contribution in [1.29, 1.82) is 0 Å². The van der Waals surface area contributed by atoms with E-state index in [-0.39, 0.29) is 18.0 Å². The normalized spacial score (nSPS) is 16.4. The van der Waals surface area contributed by atoms with Crippen molar-refractivity contribution >= 4 is 5.91 Å². The predicted octanol–water partition coefficient (Wildman–Crippen LogP) is 4.94. The quantitative estimate of drug-likeness (QED) is 0.493. The molecule has 0 saturated carbocycles. The van der Waals surface area contributed by atoms with Crippen molar-refractivity contribution in [3.05, 3.63) is 95.1 Å². The third-order valence-electron chi connectivity index (χ3n) is 6.63. The molecule has 178 valence electrons. The zero-order valence-electron chi connectivity index (χ0n) is 20.3. The molecule has 1 N–H and O–H groups in total. The van der Waals surface area contributed by atoms with E-state index in [0.29, 0.717) is 6.42 Å². The molecule has 4 rings (SSSR count). The highest BCUT2D eigenvalue weighted by Gasteiger charge is 2.35. The first kappa shape index (κ1) is 23.8. The van der Waals surface area contributed by atoms with Gasteiger partial charge in [0.25, 0.3) is 0 Å². The van der Waals surface area contributed by atoms with Gasteiger partial charge in [-0.15, -0.1) is 0 Å². The summed E-state index contributed by atoms with van der Waals surface area (Å²) in [6.45, 7) is 3.88. The standard InChI is InChI=1S/C29H34N2O3/c1-4-25(30-28(32)17-21-11-7-5-8-12-21)29-24-19-27(34-3)26(33-2)18-23(24)15-16-31(29)20-22-13-9-6-10-14-22/h5-14,18-19,25,29H,4,15-17,20H2,1-3H3,(H,30,32)/t25-,29+/m0/s1. The van der Waals surface area contributed by atoms with Crippen molar-refractivity contribution < 1.29 is 14.3 Å². The molecular weight excluding hydrogens is 424 g/mol. The highest BCUT2D eigenvalue weighted by molar-refractivity contribution is 5.79. The molecule has 0 unspecified atom stereocenters. The maximum Gasteiger partial charge on any atom is 0.224 e. The van der Waals surface area contributed by atoms with Crippen LogP contribution in [-0.4, -0.2) is 37.6 Å². The molecule has 5 heteroatoms. The maximum absolute atomic E-state index is 13.1. The second-order valence-corrected chi connectivity index (χ2v) is 8.80. The van der Waals surface area contributed by atoms with Crippen LogP contribution in [0.15, 0.2) is 72.8 Å². The first-order valence-corrected chi connectivity index (χ1v) is 12.0. The molecule has 5 nitrogen and oxygen atoms in total. The third-order valence-corrected chi connectivity index (χ3v) is 6.63. The number of ether oxygens (including phenoxy) is 2. The molecule has 1 aliphatic rings. The van der Waals surface area contributed by atoms with Gasteiger partial charge in [0.05, 0.1) is 26.7 Å². The minimum absolute atomic E-state index is 0.0305.